The van der Waals surface area contributed by atoms with E-state index in [0.717, 1.165) is 70.8 Å². The van der Waals surface area contributed by atoms with Crippen molar-refractivity contribution in [3.05, 3.63) is 20.8 Å². The number of hydrogen-bond donors (Lipinski definition) is 1. The summed E-state index contributed by atoms with van der Waals surface area (Å²) < 4.78 is 12.4. The lowest BCUT2D eigenvalue weighted by Gasteiger charge is -2.29. The van der Waals surface area contributed by atoms with Crippen LogP contribution in [0.4, 0.5) is 11.5 Å². The number of fused-ring (bicyclic) bond motifs is 1. The molecule has 46 heavy (non-hydrogen) atoms. The molecule has 0 amide bonds. The van der Waals surface area contributed by atoms with Gasteiger partial charge in [-0.1, -0.05) is 116 Å². The molecule has 0 bridgehead atoms. The summed E-state index contributed by atoms with van der Waals surface area (Å²) in [5.41, 5.74) is -1.32. The normalized spacial score (nSPS) is 12.9. The van der Waals surface area contributed by atoms with Gasteiger partial charge < -0.3 is 19.3 Å². The van der Waals surface area contributed by atoms with Crippen molar-refractivity contribution in [3.63, 3.8) is 0 Å². The zero-order valence-corrected chi connectivity index (χ0v) is 29.8. The maximum atomic E-state index is 13.2. The van der Waals surface area contributed by atoms with Crippen LogP contribution in [0.25, 0.3) is 0 Å². The first kappa shape index (κ1) is 39.4. The Morgan fingerprint density at radius 3 is 1.57 bits per heavy atom. The highest BCUT2D eigenvalue weighted by Gasteiger charge is 2.47. The van der Waals surface area contributed by atoms with E-state index in [1.54, 1.807) is 20.9 Å². The number of aromatic nitrogens is 2. The maximum Gasteiger partial charge on any atom is 0.329 e. The van der Waals surface area contributed by atoms with E-state index in [0.29, 0.717) is 31.0 Å². The fourth-order valence-corrected chi connectivity index (χ4v) is 6.73. The Morgan fingerprint density at radius 1 is 0.674 bits per heavy atom. The van der Waals surface area contributed by atoms with Crippen LogP contribution in [0.2, 0.25) is 0 Å². The average molecular weight is 649 g/mol. The molecule has 0 aromatic carbocycles. The summed E-state index contributed by atoms with van der Waals surface area (Å²) in [5.74, 6) is -0.114. The minimum absolute atomic E-state index is 0.263. The first-order chi connectivity index (χ1) is 22.2. The topological polar surface area (TPSA) is 114 Å². The summed E-state index contributed by atoms with van der Waals surface area (Å²) in [6.45, 7) is 7.78. The molecule has 1 aliphatic rings. The third-order valence-electron chi connectivity index (χ3n) is 9.40. The zero-order valence-electron chi connectivity index (χ0n) is 29.8. The Bertz CT molecular complexity index is 1130. The van der Waals surface area contributed by atoms with E-state index in [4.69, 9.17) is 9.47 Å². The van der Waals surface area contributed by atoms with E-state index in [2.05, 4.69) is 16.8 Å². The second-order valence-electron chi connectivity index (χ2n) is 13.1. The SMILES string of the molecule is CCCCCCCCCCCC(CCCCCCCCCCCN1CN(C)c2c1n(C)c(=O)[nH]c2=O)(C(=O)OCC)C(=O)OCC. The summed E-state index contributed by atoms with van der Waals surface area (Å²) >= 11 is 0. The van der Waals surface area contributed by atoms with Crippen molar-refractivity contribution in [2.45, 2.75) is 149 Å². The first-order valence-electron chi connectivity index (χ1n) is 18.4. The molecule has 1 aromatic rings. The largest absolute Gasteiger partial charge is 0.465 e. The van der Waals surface area contributed by atoms with Gasteiger partial charge in [0.05, 0.1) is 19.9 Å². The summed E-state index contributed by atoms with van der Waals surface area (Å²) in [6, 6.07) is 0. The summed E-state index contributed by atoms with van der Waals surface area (Å²) in [5, 5.41) is 0. The van der Waals surface area contributed by atoms with E-state index in [-0.39, 0.29) is 24.5 Å². The van der Waals surface area contributed by atoms with Crippen LogP contribution >= 0.6 is 0 Å². The van der Waals surface area contributed by atoms with Crippen LogP contribution in [0, 0.1) is 5.41 Å². The Morgan fingerprint density at radius 2 is 1.11 bits per heavy atom. The Kier molecular flexibility index (Phi) is 18.8. The van der Waals surface area contributed by atoms with E-state index < -0.39 is 17.4 Å². The molecule has 0 fully saturated rings. The molecule has 10 heteroatoms. The van der Waals surface area contributed by atoms with Crippen molar-refractivity contribution in [2.75, 3.05) is 43.3 Å². The molecule has 1 N–H and O–H groups in total. The van der Waals surface area contributed by atoms with Crippen LogP contribution in [0.5, 0.6) is 0 Å². The molecular weight excluding hydrogens is 584 g/mol. The molecule has 0 saturated carbocycles. The zero-order chi connectivity index (χ0) is 33.8. The number of H-pyrrole nitrogens is 1. The summed E-state index contributed by atoms with van der Waals surface area (Å²) in [7, 11) is 3.58. The number of nitrogens with zero attached hydrogens (tertiary/aromatic N) is 3. The van der Waals surface area contributed by atoms with Crippen molar-refractivity contribution in [2.24, 2.45) is 12.5 Å². The van der Waals surface area contributed by atoms with Gasteiger partial charge in [0.15, 0.2) is 5.41 Å². The smallest absolute Gasteiger partial charge is 0.329 e. The lowest BCUT2D eigenvalue weighted by molar-refractivity contribution is -0.173. The monoisotopic (exact) mass is 648 g/mol. The van der Waals surface area contributed by atoms with Gasteiger partial charge in [0, 0.05) is 20.6 Å². The second kappa shape index (κ2) is 21.9. The van der Waals surface area contributed by atoms with Gasteiger partial charge in [0.25, 0.3) is 5.56 Å². The number of esters is 2. The van der Waals surface area contributed by atoms with Crippen molar-refractivity contribution >= 4 is 23.4 Å². The molecule has 0 unspecified atom stereocenters. The van der Waals surface area contributed by atoms with E-state index in [9.17, 15) is 19.2 Å². The predicted octanol–water partition coefficient (Wildman–Crippen LogP) is 7.22. The van der Waals surface area contributed by atoms with E-state index >= 15 is 0 Å². The van der Waals surface area contributed by atoms with Gasteiger partial charge in [-0.3, -0.25) is 23.9 Å². The lowest BCUT2D eigenvalue weighted by atomic mass is 9.77. The second-order valence-corrected chi connectivity index (χ2v) is 13.1. The molecule has 2 heterocycles. The molecule has 0 saturated heterocycles. The molecule has 0 spiro atoms. The highest BCUT2D eigenvalue weighted by molar-refractivity contribution is 6.00. The molecule has 1 aliphatic heterocycles. The number of carbonyl (C=O) groups excluding carboxylic acids is 2. The molecule has 1 aromatic heterocycles. The molecule has 0 atom stereocenters. The van der Waals surface area contributed by atoms with Crippen molar-refractivity contribution in [1.82, 2.24) is 9.55 Å². The van der Waals surface area contributed by atoms with Crippen LogP contribution < -0.4 is 21.0 Å². The van der Waals surface area contributed by atoms with Gasteiger partial charge in [-0.25, -0.2) is 4.79 Å². The van der Waals surface area contributed by atoms with Crippen LogP contribution in [-0.4, -0.2) is 55.0 Å². The van der Waals surface area contributed by atoms with Crippen LogP contribution in [-0.2, 0) is 26.1 Å². The van der Waals surface area contributed by atoms with E-state index in [1.807, 2.05) is 11.9 Å². The molecule has 10 nitrogen and oxygen atoms in total. The van der Waals surface area contributed by atoms with Crippen molar-refractivity contribution < 1.29 is 19.1 Å². The lowest BCUT2D eigenvalue weighted by Crippen LogP contribution is -2.42. The molecule has 0 aliphatic carbocycles. The molecule has 264 valence electrons. The summed E-state index contributed by atoms with van der Waals surface area (Å²) in [4.78, 5) is 57.1. The minimum Gasteiger partial charge on any atom is -0.465 e. The van der Waals surface area contributed by atoms with Crippen LogP contribution in [0.15, 0.2) is 9.59 Å². The predicted molar refractivity (Wildman–Crippen MR) is 187 cm³/mol. The van der Waals surface area contributed by atoms with Gasteiger partial charge in [-0.15, -0.1) is 0 Å². The van der Waals surface area contributed by atoms with Crippen molar-refractivity contribution in [3.8, 4) is 0 Å². The number of anilines is 2. The fourth-order valence-electron chi connectivity index (χ4n) is 6.73. The summed E-state index contributed by atoms with van der Waals surface area (Å²) in [6.07, 6.45) is 21.3. The van der Waals surface area contributed by atoms with E-state index in [1.165, 1.54) is 55.9 Å². The highest BCUT2D eigenvalue weighted by atomic mass is 16.6. The Balaban J connectivity index is 1.70. The van der Waals surface area contributed by atoms with Gasteiger partial charge in [-0.05, 0) is 33.1 Å². The Labute approximate surface area is 277 Å². The van der Waals surface area contributed by atoms with Crippen LogP contribution in [0.1, 0.15) is 149 Å². The average Bonchev–Trinajstić information content (AvgIpc) is 3.37. The minimum atomic E-state index is -1.18. The van der Waals surface area contributed by atoms with Gasteiger partial charge in [0.1, 0.15) is 11.5 Å². The van der Waals surface area contributed by atoms with Gasteiger partial charge in [0.2, 0.25) is 0 Å². The Hall–Kier alpha value is -2.78. The van der Waals surface area contributed by atoms with Crippen LogP contribution in [0.3, 0.4) is 0 Å². The number of carbonyl (C=O) groups is 2. The highest BCUT2D eigenvalue weighted by Crippen LogP contribution is 2.36. The number of hydrogen-bond acceptors (Lipinski definition) is 8. The quantitative estimate of drug-likeness (QED) is 0.0636. The maximum absolute atomic E-state index is 13.2. The number of unbranched alkanes of at least 4 members (excludes halogenated alkanes) is 16. The number of rotatable bonds is 26. The standard InChI is InChI=1S/C36H64N4O6/c1-6-9-10-11-12-14-17-20-23-26-36(33(42)45-7-2,34(43)46-8-3)27-24-21-18-15-13-16-19-22-25-28-40-29-38(4)30-31(41)37-35(44)39(5)32(30)40/h6-29H2,1-5H3,(H,37,41,44). The molecule has 2 rings (SSSR count). The third kappa shape index (κ3) is 12.1. The van der Waals surface area contributed by atoms with Gasteiger partial charge >= 0.3 is 17.6 Å². The number of aromatic amines is 1. The molecular formula is C36H64N4O6. The number of nitrogens with one attached hydrogen (secondary N) is 1. The van der Waals surface area contributed by atoms with Crippen molar-refractivity contribution in [1.29, 1.82) is 0 Å². The third-order valence-corrected chi connectivity index (χ3v) is 9.40. The fraction of sp³-hybridized carbons (Fsp3) is 0.833. The van der Waals surface area contributed by atoms with Gasteiger partial charge in [-0.2, -0.15) is 0 Å². The number of ether oxygens (including phenoxy) is 2. The first-order valence-corrected chi connectivity index (χ1v) is 18.4. The molecule has 0 radical (unpaired) electrons.